The van der Waals surface area contributed by atoms with Crippen molar-refractivity contribution < 1.29 is 36.7 Å². The molecule has 0 radical (unpaired) electrons. The van der Waals surface area contributed by atoms with Crippen molar-refractivity contribution in [2.24, 2.45) is 0 Å². The quantitative estimate of drug-likeness (QED) is 0.229. The Morgan fingerprint density at radius 1 is 0.690 bits per heavy atom. The molecule has 0 unspecified atom stereocenters. The first-order chi connectivity index (χ1) is 20.4. The van der Waals surface area contributed by atoms with Crippen LogP contribution in [0.2, 0.25) is 0 Å². The lowest BCUT2D eigenvalue weighted by atomic mass is 9.98. The smallest absolute Gasteiger partial charge is 0.297 e. The lowest BCUT2D eigenvalue weighted by Gasteiger charge is -2.44. The third-order valence-electron chi connectivity index (χ3n) is 6.88. The van der Waals surface area contributed by atoms with E-state index in [0.717, 1.165) is 16.7 Å². The van der Waals surface area contributed by atoms with E-state index in [-0.39, 0.29) is 18.1 Å². The molecule has 1 fully saturated rings. The van der Waals surface area contributed by atoms with Gasteiger partial charge in [0.1, 0.15) is 30.2 Å². The van der Waals surface area contributed by atoms with Gasteiger partial charge >= 0.3 is 0 Å². The fraction of sp³-hybridized carbons (Fsp3) is 0.273. The van der Waals surface area contributed by atoms with E-state index in [1.54, 1.807) is 24.3 Å². The monoisotopic (exact) mass is 590 g/mol. The minimum atomic E-state index is -4.27. The summed E-state index contributed by atoms with van der Waals surface area (Å²) < 4.78 is 57.9. The SMILES string of the molecule is Cc1ccc(S(=O)(=O)O[C@H]2[C@H](OCc3ccccc3)[C@@H](OCc3ccccc3)[C@H](Oc3ccccc3)O[C@@H]2CO)cc1. The standard InChI is InChI=1S/C33H34O8S/c1-24-17-19-28(20-18-24)42(35,36)41-30-29(21-34)40-33(39-27-15-9-4-10-16-27)32(38-23-26-13-7-3-8-14-26)31(30)37-22-25-11-5-2-6-12-25/h2-20,29-34H,21-23H2,1H3/t29-,30-,31+,32-,33-/m1/s1. The molecule has 0 bridgehead atoms. The Bertz CT molecular complexity index is 1480. The molecule has 1 aliphatic rings. The molecule has 0 saturated carbocycles. The average molecular weight is 591 g/mol. The summed E-state index contributed by atoms with van der Waals surface area (Å²) in [4.78, 5) is -0.0176. The second-order valence-electron chi connectivity index (χ2n) is 10.0. The van der Waals surface area contributed by atoms with Crippen LogP contribution in [0.4, 0.5) is 0 Å². The molecule has 0 aromatic heterocycles. The van der Waals surface area contributed by atoms with Crippen LogP contribution in [-0.4, -0.2) is 50.8 Å². The molecule has 0 spiro atoms. The summed E-state index contributed by atoms with van der Waals surface area (Å²) in [6.45, 7) is 1.63. The highest BCUT2D eigenvalue weighted by Gasteiger charge is 2.51. The van der Waals surface area contributed by atoms with Crippen LogP contribution in [0.3, 0.4) is 0 Å². The van der Waals surface area contributed by atoms with Crippen molar-refractivity contribution in [2.45, 2.75) is 55.7 Å². The molecular weight excluding hydrogens is 556 g/mol. The summed E-state index contributed by atoms with van der Waals surface area (Å²) in [5.41, 5.74) is 2.67. The van der Waals surface area contributed by atoms with Gasteiger partial charge in [0.15, 0.2) is 0 Å². The summed E-state index contributed by atoms with van der Waals surface area (Å²) in [5.74, 6) is 0.515. The van der Waals surface area contributed by atoms with E-state index in [1.165, 1.54) is 12.1 Å². The molecule has 4 aromatic rings. The zero-order valence-corrected chi connectivity index (χ0v) is 24.0. The first kappa shape index (κ1) is 29.9. The van der Waals surface area contributed by atoms with Gasteiger partial charge in [0.05, 0.1) is 24.7 Å². The molecular formula is C33H34O8S. The normalized spacial score (nSPS) is 22.5. The van der Waals surface area contributed by atoms with Crippen LogP contribution in [0.5, 0.6) is 5.75 Å². The van der Waals surface area contributed by atoms with E-state index in [0.29, 0.717) is 5.75 Å². The molecule has 0 amide bonds. The molecule has 9 heteroatoms. The maximum absolute atomic E-state index is 13.5. The van der Waals surface area contributed by atoms with Gasteiger partial charge in [-0.3, -0.25) is 4.18 Å². The number of hydrogen-bond acceptors (Lipinski definition) is 8. The van der Waals surface area contributed by atoms with Crippen molar-refractivity contribution in [3.05, 3.63) is 132 Å². The van der Waals surface area contributed by atoms with Crippen LogP contribution in [0.1, 0.15) is 16.7 Å². The molecule has 1 N–H and O–H groups in total. The highest BCUT2D eigenvalue weighted by Crippen LogP contribution is 2.33. The molecule has 1 aliphatic heterocycles. The van der Waals surface area contributed by atoms with Gasteiger partial charge in [0.2, 0.25) is 6.29 Å². The molecule has 1 saturated heterocycles. The summed E-state index contributed by atoms with van der Waals surface area (Å²) in [6.07, 6.45) is -5.34. The van der Waals surface area contributed by atoms with E-state index < -0.39 is 47.4 Å². The Kier molecular flexibility index (Phi) is 10.0. The average Bonchev–Trinajstić information content (AvgIpc) is 3.01. The van der Waals surface area contributed by atoms with Gasteiger partial charge in [-0.05, 0) is 42.3 Å². The summed E-state index contributed by atoms with van der Waals surface area (Å²) in [5, 5.41) is 10.4. The van der Waals surface area contributed by atoms with Crippen molar-refractivity contribution in [3.8, 4) is 5.75 Å². The molecule has 8 nitrogen and oxygen atoms in total. The Morgan fingerprint density at radius 2 is 1.21 bits per heavy atom. The van der Waals surface area contributed by atoms with Gasteiger partial charge < -0.3 is 24.1 Å². The number of rotatable bonds is 12. The minimum Gasteiger partial charge on any atom is -0.462 e. The number of para-hydroxylation sites is 1. The van der Waals surface area contributed by atoms with Gasteiger partial charge in [-0.1, -0.05) is 96.6 Å². The number of aliphatic hydroxyl groups is 1. The van der Waals surface area contributed by atoms with Crippen LogP contribution in [0.25, 0.3) is 0 Å². The number of hydrogen-bond donors (Lipinski definition) is 1. The fourth-order valence-corrected chi connectivity index (χ4v) is 5.78. The molecule has 42 heavy (non-hydrogen) atoms. The molecule has 1 heterocycles. The third-order valence-corrected chi connectivity index (χ3v) is 8.21. The summed E-state index contributed by atoms with van der Waals surface area (Å²) in [7, 11) is -4.27. The van der Waals surface area contributed by atoms with Gasteiger partial charge in [0.25, 0.3) is 10.1 Å². The van der Waals surface area contributed by atoms with E-state index >= 15 is 0 Å². The lowest BCUT2D eigenvalue weighted by Crippen LogP contribution is -2.62. The predicted octanol–water partition coefficient (Wildman–Crippen LogP) is 5.04. The Labute approximate surface area is 246 Å². The summed E-state index contributed by atoms with van der Waals surface area (Å²) >= 11 is 0. The highest BCUT2D eigenvalue weighted by molar-refractivity contribution is 7.86. The predicted molar refractivity (Wildman–Crippen MR) is 156 cm³/mol. The third kappa shape index (κ3) is 7.63. The Morgan fingerprint density at radius 3 is 1.76 bits per heavy atom. The summed E-state index contributed by atoms with van der Waals surface area (Å²) in [6, 6.07) is 34.4. The van der Waals surface area contributed by atoms with Crippen molar-refractivity contribution in [1.29, 1.82) is 0 Å². The molecule has 5 rings (SSSR count). The second kappa shape index (κ2) is 14.1. The Hall–Kier alpha value is -3.57. The zero-order chi connectivity index (χ0) is 29.4. The van der Waals surface area contributed by atoms with Crippen molar-refractivity contribution in [2.75, 3.05) is 6.61 Å². The van der Waals surface area contributed by atoms with E-state index in [1.807, 2.05) is 85.8 Å². The van der Waals surface area contributed by atoms with Gasteiger partial charge in [-0.15, -0.1) is 0 Å². The molecule has 0 aliphatic carbocycles. The Balaban J connectivity index is 1.50. The second-order valence-corrected chi connectivity index (χ2v) is 11.6. The number of aliphatic hydroxyl groups excluding tert-OH is 1. The molecule has 5 atom stereocenters. The lowest BCUT2D eigenvalue weighted by molar-refractivity contribution is -0.294. The van der Waals surface area contributed by atoms with Crippen LogP contribution in [-0.2, 0) is 41.7 Å². The van der Waals surface area contributed by atoms with Gasteiger partial charge in [-0.2, -0.15) is 8.42 Å². The van der Waals surface area contributed by atoms with Crippen LogP contribution >= 0.6 is 0 Å². The zero-order valence-electron chi connectivity index (χ0n) is 23.2. The topological polar surface area (TPSA) is 101 Å². The van der Waals surface area contributed by atoms with Crippen molar-refractivity contribution >= 4 is 10.1 Å². The molecule has 4 aromatic carbocycles. The largest absolute Gasteiger partial charge is 0.462 e. The van der Waals surface area contributed by atoms with Crippen LogP contribution in [0, 0.1) is 6.92 Å². The van der Waals surface area contributed by atoms with Crippen LogP contribution in [0.15, 0.2) is 120 Å². The first-order valence-electron chi connectivity index (χ1n) is 13.7. The van der Waals surface area contributed by atoms with Crippen LogP contribution < -0.4 is 4.74 Å². The molecule has 220 valence electrons. The first-order valence-corrected chi connectivity index (χ1v) is 15.1. The van der Waals surface area contributed by atoms with Gasteiger partial charge in [0, 0.05) is 0 Å². The van der Waals surface area contributed by atoms with Crippen molar-refractivity contribution in [1.82, 2.24) is 0 Å². The van der Waals surface area contributed by atoms with Gasteiger partial charge in [-0.25, -0.2) is 0 Å². The fourth-order valence-electron chi connectivity index (χ4n) is 4.68. The number of ether oxygens (including phenoxy) is 4. The number of aryl methyl sites for hydroxylation is 1. The van der Waals surface area contributed by atoms with E-state index in [9.17, 15) is 13.5 Å². The number of benzene rings is 4. The van der Waals surface area contributed by atoms with E-state index in [4.69, 9.17) is 23.1 Å². The van der Waals surface area contributed by atoms with E-state index in [2.05, 4.69) is 0 Å². The maximum atomic E-state index is 13.5. The highest BCUT2D eigenvalue weighted by atomic mass is 32.2. The van der Waals surface area contributed by atoms with Crippen molar-refractivity contribution in [3.63, 3.8) is 0 Å². The maximum Gasteiger partial charge on any atom is 0.297 e. The minimum absolute atomic E-state index is 0.0176.